The first kappa shape index (κ1) is 27.0. The molecule has 4 rings (SSSR count). The van der Waals surface area contributed by atoms with Crippen LogP contribution in [-0.2, 0) is 22.6 Å². The standard InChI is InChI=1S/C28H31N3O6S/c1-4-35-27(33)21-8-10-22(11-9-21)29-28(34)31(19(2)3)17-26(32)30(16-23-6-5-13-38-23)15-20-7-12-24-25(14-20)37-18-36-24/h5-14,19H,4,15-18H2,1-3H3,(H,29,34). The number of ether oxygens (including phenoxy) is 3. The number of thiophene rings is 1. The second-order valence-electron chi connectivity index (χ2n) is 8.97. The third kappa shape index (κ3) is 6.83. The van der Waals surface area contributed by atoms with Gasteiger partial charge in [0, 0.05) is 23.2 Å². The molecule has 200 valence electrons. The third-order valence-corrected chi connectivity index (χ3v) is 6.79. The van der Waals surface area contributed by atoms with Crippen LogP contribution in [0.4, 0.5) is 10.5 Å². The molecule has 3 aromatic rings. The van der Waals surface area contributed by atoms with Crippen LogP contribution in [0.3, 0.4) is 0 Å². The molecule has 2 aromatic carbocycles. The van der Waals surface area contributed by atoms with Gasteiger partial charge in [-0.05, 0) is 74.2 Å². The number of esters is 1. The molecular weight excluding hydrogens is 506 g/mol. The van der Waals surface area contributed by atoms with Crippen LogP contribution in [0.15, 0.2) is 60.0 Å². The Kier molecular flexibility index (Phi) is 8.85. The summed E-state index contributed by atoms with van der Waals surface area (Å²) in [6, 6.07) is 15.4. The van der Waals surface area contributed by atoms with Gasteiger partial charge in [0.25, 0.3) is 0 Å². The topological polar surface area (TPSA) is 97.4 Å². The van der Waals surface area contributed by atoms with Gasteiger partial charge in [0.15, 0.2) is 11.5 Å². The quantitative estimate of drug-likeness (QED) is 0.361. The van der Waals surface area contributed by atoms with E-state index in [4.69, 9.17) is 14.2 Å². The summed E-state index contributed by atoms with van der Waals surface area (Å²) < 4.78 is 15.9. The molecule has 0 atom stereocenters. The van der Waals surface area contributed by atoms with Gasteiger partial charge in [-0.2, -0.15) is 0 Å². The van der Waals surface area contributed by atoms with Gasteiger partial charge < -0.3 is 29.3 Å². The zero-order valence-electron chi connectivity index (χ0n) is 21.6. The number of benzene rings is 2. The Bertz CT molecular complexity index is 1260. The van der Waals surface area contributed by atoms with Gasteiger partial charge in [-0.15, -0.1) is 11.3 Å². The average molecular weight is 538 g/mol. The summed E-state index contributed by atoms with van der Waals surface area (Å²) in [6.07, 6.45) is 0. The first-order valence-corrected chi connectivity index (χ1v) is 13.3. The van der Waals surface area contributed by atoms with Crippen LogP contribution in [-0.4, -0.2) is 53.7 Å². The molecule has 2 heterocycles. The van der Waals surface area contributed by atoms with Crippen molar-refractivity contribution in [1.82, 2.24) is 9.80 Å². The second kappa shape index (κ2) is 12.5. The first-order chi connectivity index (χ1) is 18.3. The number of carbonyl (C=O) groups excluding carboxylic acids is 3. The van der Waals surface area contributed by atoms with E-state index >= 15 is 0 Å². The Labute approximate surface area is 225 Å². The highest BCUT2D eigenvalue weighted by Crippen LogP contribution is 2.33. The largest absolute Gasteiger partial charge is 0.462 e. The third-order valence-electron chi connectivity index (χ3n) is 5.93. The van der Waals surface area contributed by atoms with E-state index in [1.54, 1.807) is 47.4 Å². The predicted octanol–water partition coefficient (Wildman–Crippen LogP) is 5.12. The zero-order valence-corrected chi connectivity index (χ0v) is 22.5. The molecule has 0 saturated heterocycles. The molecule has 1 aliphatic rings. The van der Waals surface area contributed by atoms with Crippen molar-refractivity contribution >= 4 is 34.9 Å². The van der Waals surface area contributed by atoms with E-state index in [0.717, 1.165) is 10.4 Å². The van der Waals surface area contributed by atoms with Crippen LogP contribution in [0.5, 0.6) is 11.5 Å². The molecule has 0 spiro atoms. The number of hydrogen-bond donors (Lipinski definition) is 1. The number of rotatable bonds is 10. The Morgan fingerprint density at radius 2 is 1.79 bits per heavy atom. The maximum Gasteiger partial charge on any atom is 0.338 e. The number of hydrogen-bond acceptors (Lipinski definition) is 7. The minimum atomic E-state index is -0.423. The van der Waals surface area contributed by atoms with E-state index in [9.17, 15) is 14.4 Å². The first-order valence-electron chi connectivity index (χ1n) is 12.4. The minimum absolute atomic E-state index is 0.0969. The molecular formula is C28H31N3O6S. The van der Waals surface area contributed by atoms with Crippen molar-refractivity contribution in [2.45, 2.75) is 39.9 Å². The molecule has 10 heteroatoms. The molecule has 1 aromatic heterocycles. The lowest BCUT2D eigenvalue weighted by molar-refractivity contribution is -0.133. The van der Waals surface area contributed by atoms with Gasteiger partial charge in [-0.25, -0.2) is 9.59 Å². The SMILES string of the molecule is CCOC(=O)c1ccc(NC(=O)N(CC(=O)N(Cc2ccc3c(c2)OCO3)Cc2cccs2)C(C)C)cc1. The van der Waals surface area contributed by atoms with E-state index in [0.29, 0.717) is 35.8 Å². The number of carbonyl (C=O) groups is 3. The maximum absolute atomic E-state index is 13.6. The van der Waals surface area contributed by atoms with Crippen LogP contribution in [0.1, 0.15) is 41.6 Å². The maximum atomic E-state index is 13.6. The highest BCUT2D eigenvalue weighted by molar-refractivity contribution is 7.09. The van der Waals surface area contributed by atoms with E-state index in [2.05, 4.69) is 5.32 Å². The molecule has 0 aliphatic carbocycles. The molecule has 0 unspecified atom stereocenters. The lowest BCUT2D eigenvalue weighted by Gasteiger charge is -2.30. The summed E-state index contributed by atoms with van der Waals surface area (Å²) in [4.78, 5) is 42.9. The van der Waals surface area contributed by atoms with Gasteiger partial charge in [0.2, 0.25) is 12.7 Å². The number of fused-ring (bicyclic) bond motifs is 1. The molecule has 38 heavy (non-hydrogen) atoms. The molecule has 0 saturated carbocycles. The molecule has 1 N–H and O–H groups in total. The van der Waals surface area contributed by atoms with Gasteiger partial charge in [0.05, 0.1) is 18.7 Å². The van der Waals surface area contributed by atoms with E-state index < -0.39 is 12.0 Å². The number of urea groups is 1. The van der Waals surface area contributed by atoms with Crippen LogP contribution in [0, 0.1) is 0 Å². The van der Waals surface area contributed by atoms with Crippen molar-refractivity contribution in [2.75, 3.05) is 25.3 Å². The summed E-state index contributed by atoms with van der Waals surface area (Å²) in [7, 11) is 0. The van der Waals surface area contributed by atoms with Gasteiger partial charge in [0.1, 0.15) is 6.54 Å². The van der Waals surface area contributed by atoms with Crippen LogP contribution in [0.25, 0.3) is 0 Å². The van der Waals surface area contributed by atoms with Gasteiger partial charge in [-0.1, -0.05) is 12.1 Å². The van der Waals surface area contributed by atoms with E-state index in [1.807, 2.05) is 49.6 Å². The highest BCUT2D eigenvalue weighted by Gasteiger charge is 2.25. The average Bonchev–Trinajstić information content (AvgIpc) is 3.59. The number of nitrogens with zero attached hydrogens (tertiary/aromatic N) is 2. The Morgan fingerprint density at radius 3 is 2.47 bits per heavy atom. The molecule has 9 nitrogen and oxygen atoms in total. The summed E-state index contributed by atoms with van der Waals surface area (Å²) in [6.45, 7) is 6.61. The zero-order chi connectivity index (χ0) is 27.1. The Balaban J connectivity index is 1.45. The summed E-state index contributed by atoms with van der Waals surface area (Å²) in [5, 5.41) is 4.80. The Morgan fingerprint density at radius 1 is 1.03 bits per heavy atom. The normalized spacial score (nSPS) is 11.8. The van der Waals surface area contributed by atoms with Gasteiger partial charge >= 0.3 is 12.0 Å². The molecule has 0 radical (unpaired) electrons. The predicted molar refractivity (Wildman–Crippen MR) is 144 cm³/mol. The molecule has 0 fully saturated rings. The fraction of sp³-hybridized carbons (Fsp3) is 0.321. The number of amides is 3. The Hall–Kier alpha value is -4.05. The number of nitrogens with one attached hydrogen (secondary N) is 1. The van der Waals surface area contributed by atoms with Crippen LogP contribution >= 0.6 is 11.3 Å². The summed E-state index contributed by atoms with van der Waals surface area (Å²) in [5.41, 5.74) is 1.81. The fourth-order valence-corrected chi connectivity index (χ4v) is 4.64. The van der Waals surface area contributed by atoms with Crippen molar-refractivity contribution in [3.05, 3.63) is 76.0 Å². The molecule has 0 bridgehead atoms. The number of anilines is 1. The lowest BCUT2D eigenvalue weighted by Crippen LogP contribution is -2.47. The molecule has 1 aliphatic heterocycles. The van der Waals surface area contributed by atoms with Crippen molar-refractivity contribution in [3.8, 4) is 11.5 Å². The van der Waals surface area contributed by atoms with Crippen LogP contribution < -0.4 is 14.8 Å². The second-order valence-corrected chi connectivity index (χ2v) is 10.00. The summed E-state index contributed by atoms with van der Waals surface area (Å²) >= 11 is 1.57. The minimum Gasteiger partial charge on any atom is -0.462 e. The van der Waals surface area contributed by atoms with Crippen LogP contribution in [0.2, 0.25) is 0 Å². The lowest BCUT2D eigenvalue weighted by atomic mass is 10.2. The van der Waals surface area contributed by atoms with E-state index in [1.165, 1.54) is 4.90 Å². The smallest absolute Gasteiger partial charge is 0.338 e. The fourth-order valence-electron chi connectivity index (χ4n) is 3.92. The van der Waals surface area contributed by atoms with Crippen molar-refractivity contribution in [3.63, 3.8) is 0 Å². The summed E-state index contributed by atoms with van der Waals surface area (Å²) in [5.74, 6) is 0.733. The highest BCUT2D eigenvalue weighted by atomic mass is 32.1. The van der Waals surface area contributed by atoms with Crippen molar-refractivity contribution in [2.24, 2.45) is 0 Å². The molecule has 3 amide bonds. The van der Waals surface area contributed by atoms with Gasteiger partial charge in [-0.3, -0.25) is 4.79 Å². The monoisotopic (exact) mass is 537 g/mol. The van der Waals surface area contributed by atoms with Crippen molar-refractivity contribution < 1.29 is 28.6 Å². The van der Waals surface area contributed by atoms with E-state index in [-0.39, 0.29) is 31.9 Å². The van der Waals surface area contributed by atoms with Crippen molar-refractivity contribution in [1.29, 1.82) is 0 Å².